The number of carbonyl (C=O) groups is 1. The van der Waals surface area contributed by atoms with E-state index < -0.39 is 0 Å². The van der Waals surface area contributed by atoms with Crippen LogP contribution in [0.15, 0.2) is 41.4 Å². The fourth-order valence-corrected chi connectivity index (χ4v) is 2.95. The van der Waals surface area contributed by atoms with E-state index in [9.17, 15) is 4.79 Å². The molecule has 1 saturated heterocycles. The van der Waals surface area contributed by atoms with Crippen LogP contribution in [0.3, 0.4) is 0 Å². The molecule has 1 atom stereocenters. The summed E-state index contributed by atoms with van der Waals surface area (Å²) in [6, 6.07) is 3.75. The number of anilines is 1. The zero-order valence-electron chi connectivity index (χ0n) is 14.1. The van der Waals surface area contributed by atoms with Crippen LogP contribution in [-0.2, 0) is 0 Å². The van der Waals surface area contributed by atoms with E-state index in [1.807, 2.05) is 12.1 Å². The monoisotopic (exact) mass is 344 g/mol. The number of hydrogen-bond donors (Lipinski definition) is 3. The van der Waals surface area contributed by atoms with Gasteiger partial charge in [0.15, 0.2) is 0 Å². The van der Waals surface area contributed by atoms with Crippen LogP contribution in [0.2, 0.25) is 0 Å². The van der Waals surface area contributed by atoms with Gasteiger partial charge in [-0.05, 0) is 38.1 Å². The summed E-state index contributed by atoms with van der Waals surface area (Å²) >= 11 is 0. The Kier molecular flexibility index (Phi) is 6.22. The van der Waals surface area contributed by atoms with Gasteiger partial charge < -0.3 is 20.4 Å². The van der Waals surface area contributed by atoms with Crippen molar-refractivity contribution in [1.29, 1.82) is 0 Å². The van der Waals surface area contributed by atoms with Crippen molar-refractivity contribution in [2.45, 2.75) is 18.9 Å². The summed E-state index contributed by atoms with van der Waals surface area (Å²) in [7, 11) is 0. The van der Waals surface area contributed by atoms with Gasteiger partial charge in [0.2, 0.25) is 0 Å². The summed E-state index contributed by atoms with van der Waals surface area (Å²) in [4.78, 5) is 22.5. The summed E-state index contributed by atoms with van der Waals surface area (Å²) in [5, 5.41) is 8.87. The van der Waals surface area contributed by atoms with Gasteiger partial charge in [-0.1, -0.05) is 0 Å². The lowest BCUT2D eigenvalue weighted by molar-refractivity contribution is 0.203. The van der Waals surface area contributed by atoms with Crippen LogP contribution in [0, 0.1) is 0 Å². The second-order valence-electron chi connectivity index (χ2n) is 5.93. The van der Waals surface area contributed by atoms with Gasteiger partial charge in [0.1, 0.15) is 11.6 Å². The second-order valence-corrected chi connectivity index (χ2v) is 5.93. The van der Waals surface area contributed by atoms with E-state index in [2.05, 4.69) is 30.8 Å². The minimum atomic E-state index is -0.184. The van der Waals surface area contributed by atoms with E-state index >= 15 is 0 Å². The van der Waals surface area contributed by atoms with E-state index in [1.54, 1.807) is 24.9 Å². The van der Waals surface area contributed by atoms with E-state index in [1.165, 1.54) is 12.8 Å². The van der Waals surface area contributed by atoms with Crippen LogP contribution in [0.1, 0.15) is 24.6 Å². The SMILES string of the molecule is O=C(NCCNc1cnccn1)NC[C@@H](c1ccco1)N1CCCC1. The minimum absolute atomic E-state index is 0.0842. The summed E-state index contributed by atoms with van der Waals surface area (Å²) in [5.74, 6) is 1.59. The first-order chi connectivity index (χ1) is 12.3. The number of carbonyl (C=O) groups excluding carboxylic acids is 1. The van der Waals surface area contributed by atoms with Crippen molar-refractivity contribution in [3.63, 3.8) is 0 Å². The highest BCUT2D eigenvalue weighted by molar-refractivity contribution is 5.73. The normalized spacial score (nSPS) is 15.7. The highest BCUT2D eigenvalue weighted by Gasteiger charge is 2.25. The number of nitrogens with zero attached hydrogens (tertiary/aromatic N) is 3. The largest absolute Gasteiger partial charge is 0.468 e. The molecule has 0 saturated carbocycles. The van der Waals surface area contributed by atoms with Crippen molar-refractivity contribution >= 4 is 11.8 Å². The van der Waals surface area contributed by atoms with Crippen molar-refractivity contribution in [2.24, 2.45) is 0 Å². The molecule has 0 aliphatic carbocycles. The van der Waals surface area contributed by atoms with Gasteiger partial charge >= 0.3 is 6.03 Å². The number of aromatic nitrogens is 2. The van der Waals surface area contributed by atoms with E-state index in [0.717, 1.165) is 18.8 Å². The number of hydrogen-bond acceptors (Lipinski definition) is 6. The molecule has 25 heavy (non-hydrogen) atoms. The van der Waals surface area contributed by atoms with Gasteiger partial charge in [0.05, 0.1) is 18.5 Å². The predicted molar refractivity (Wildman–Crippen MR) is 94.2 cm³/mol. The molecule has 3 N–H and O–H groups in total. The van der Waals surface area contributed by atoms with Gasteiger partial charge in [-0.15, -0.1) is 0 Å². The molecule has 8 heteroatoms. The molecule has 2 aromatic heterocycles. The maximum absolute atomic E-state index is 12.0. The molecule has 0 bridgehead atoms. The van der Waals surface area contributed by atoms with Crippen LogP contribution < -0.4 is 16.0 Å². The molecule has 3 heterocycles. The average Bonchev–Trinajstić information content (AvgIpc) is 3.34. The van der Waals surface area contributed by atoms with Crippen LogP contribution in [-0.4, -0.2) is 53.6 Å². The third-order valence-electron chi connectivity index (χ3n) is 4.19. The van der Waals surface area contributed by atoms with Crippen molar-refractivity contribution in [2.75, 3.05) is 38.0 Å². The van der Waals surface area contributed by atoms with Crippen molar-refractivity contribution in [3.05, 3.63) is 42.7 Å². The number of furan rings is 1. The first-order valence-electron chi connectivity index (χ1n) is 8.62. The van der Waals surface area contributed by atoms with Crippen LogP contribution >= 0.6 is 0 Å². The molecular weight excluding hydrogens is 320 g/mol. The standard InChI is InChI=1S/C17H24N6O2/c24-17(21-8-7-20-16-13-18-5-6-19-16)22-12-14(15-4-3-11-25-15)23-9-1-2-10-23/h3-6,11,13-14H,1-2,7-10,12H2,(H,19,20)(H2,21,22,24)/t14-/m0/s1. The molecule has 0 radical (unpaired) electrons. The Labute approximate surface area is 147 Å². The molecule has 3 rings (SSSR count). The summed E-state index contributed by atoms with van der Waals surface area (Å²) in [6.07, 6.45) is 8.94. The summed E-state index contributed by atoms with van der Waals surface area (Å²) in [5.41, 5.74) is 0. The highest BCUT2D eigenvalue weighted by atomic mass is 16.3. The van der Waals surface area contributed by atoms with Gasteiger partial charge in [-0.3, -0.25) is 9.88 Å². The Hall–Kier alpha value is -2.61. The number of nitrogens with one attached hydrogen (secondary N) is 3. The van der Waals surface area contributed by atoms with E-state index in [4.69, 9.17) is 4.42 Å². The maximum atomic E-state index is 12.0. The molecule has 0 unspecified atom stereocenters. The Bertz CT molecular complexity index is 628. The Morgan fingerprint density at radius 2 is 2.12 bits per heavy atom. The average molecular weight is 344 g/mol. The zero-order chi connectivity index (χ0) is 17.3. The van der Waals surface area contributed by atoms with Crippen molar-refractivity contribution in [1.82, 2.24) is 25.5 Å². The molecule has 2 aromatic rings. The van der Waals surface area contributed by atoms with Crippen LogP contribution in [0.5, 0.6) is 0 Å². The van der Waals surface area contributed by atoms with Crippen LogP contribution in [0.4, 0.5) is 10.6 Å². The van der Waals surface area contributed by atoms with Gasteiger partial charge in [0.25, 0.3) is 0 Å². The van der Waals surface area contributed by atoms with Gasteiger partial charge in [-0.2, -0.15) is 0 Å². The predicted octanol–water partition coefficient (Wildman–Crippen LogP) is 1.62. The molecule has 0 spiro atoms. The smallest absolute Gasteiger partial charge is 0.314 e. The molecule has 8 nitrogen and oxygen atoms in total. The Morgan fingerprint density at radius 3 is 2.84 bits per heavy atom. The molecule has 134 valence electrons. The first-order valence-corrected chi connectivity index (χ1v) is 8.62. The van der Waals surface area contributed by atoms with Crippen molar-refractivity contribution in [3.8, 4) is 0 Å². The number of amides is 2. The van der Waals surface area contributed by atoms with Crippen molar-refractivity contribution < 1.29 is 9.21 Å². The lowest BCUT2D eigenvalue weighted by atomic mass is 10.2. The third-order valence-corrected chi connectivity index (χ3v) is 4.19. The lowest BCUT2D eigenvalue weighted by Gasteiger charge is -2.26. The summed E-state index contributed by atoms with van der Waals surface area (Å²) < 4.78 is 5.55. The Balaban J connectivity index is 1.39. The molecule has 2 amide bonds. The number of urea groups is 1. The lowest BCUT2D eigenvalue weighted by Crippen LogP contribution is -2.42. The molecular formula is C17H24N6O2. The third kappa shape index (κ3) is 5.18. The fourth-order valence-electron chi connectivity index (χ4n) is 2.95. The minimum Gasteiger partial charge on any atom is -0.468 e. The Morgan fingerprint density at radius 1 is 1.24 bits per heavy atom. The van der Waals surface area contributed by atoms with Gasteiger partial charge in [-0.25, -0.2) is 9.78 Å². The van der Waals surface area contributed by atoms with Crippen LogP contribution in [0.25, 0.3) is 0 Å². The zero-order valence-corrected chi connectivity index (χ0v) is 14.1. The second kappa shape index (κ2) is 9.03. The molecule has 1 fully saturated rings. The molecule has 1 aliphatic heterocycles. The summed E-state index contributed by atoms with van der Waals surface area (Å²) in [6.45, 7) is 3.68. The highest BCUT2D eigenvalue weighted by Crippen LogP contribution is 2.24. The number of rotatable bonds is 8. The maximum Gasteiger partial charge on any atom is 0.314 e. The fraction of sp³-hybridized carbons (Fsp3) is 0.471. The molecule has 0 aromatic carbocycles. The topological polar surface area (TPSA) is 95.3 Å². The van der Waals surface area contributed by atoms with Gasteiger partial charge in [0, 0.05) is 32.0 Å². The number of likely N-dealkylation sites (tertiary alicyclic amines) is 1. The first kappa shape index (κ1) is 17.2. The van der Waals surface area contributed by atoms with E-state index in [-0.39, 0.29) is 12.1 Å². The molecule has 1 aliphatic rings. The quantitative estimate of drug-likeness (QED) is 0.630. The van der Waals surface area contributed by atoms with E-state index in [0.29, 0.717) is 25.5 Å².